The van der Waals surface area contributed by atoms with Gasteiger partial charge in [0.05, 0.1) is 18.8 Å². The zero-order chi connectivity index (χ0) is 17.2. The third-order valence-electron chi connectivity index (χ3n) is 5.40. The van der Waals surface area contributed by atoms with Gasteiger partial charge in [-0.25, -0.2) is 0 Å². The molecule has 0 radical (unpaired) electrons. The predicted molar refractivity (Wildman–Crippen MR) is 105 cm³/mol. The fourth-order valence-corrected chi connectivity index (χ4v) is 4.29. The lowest BCUT2D eigenvalue weighted by Crippen LogP contribution is -2.58. The minimum absolute atomic E-state index is 0.0168. The number of nitrogens with zero attached hydrogens (tertiary/aromatic N) is 1. The molecule has 0 saturated carbocycles. The molecule has 0 N–H and O–H groups in total. The van der Waals surface area contributed by atoms with Gasteiger partial charge in [-0.2, -0.15) is 0 Å². The van der Waals surface area contributed by atoms with Crippen LogP contribution < -0.4 is 0 Å². The van der Waals surface area contributed by atoms with Crippen molar-refractivity contribution >= 4 is 17.1 Å². The SMILES string of the molecule is CC(C)(C)c1ccc(C(=S)C2(N3CCOCC3)CC=CCC2)cc1. The van der Waals surface area contributed by atoms with Gasteiger partial charge < -0.3 is 4.74 Å². The molecule has 0 spiro atoms. The maximum absolute atomic E-state index is 6.05. The van der Waals surface area contributed by atoms with Crippen molar-refractivity contribution in [1.82, 2.24) is 4.90 Å². The minimum atomic E-state index is -0.0168. The molecular weight excluding hydrogens is 314 g/mol. The van der Waals surface area contributed by atoms with Crippen LogP contribution in [0.2, 0.25) is 0 Å². The smallest absolute Gasteiger partial charge is 0.0607 e. The Kier molecular flexibility index (Phi) is 5.24. The van der Waals surface area contributed by atoms with E-state index in [4.69, 9.17) is 17.0 Å². The summed E-state index contributed by atoms with van der Waals surface area (Å²) in [5.41, 5.74) is 2.73. The van der Waals surface area contributed by atoms with Crippen molar-refractivity contribution in [2.45, 2.75) is 51.0 Å². The van der Waals surface area contributed by atoms with Crippen LogP contribution in [-0.2, 0) is 10.2 Å². The number of hydrogen-bond donors (Lipinski definition) is 0. The van der Waals surface area contributed by atoms with Crippen molar-refractivity contribution in [3.8, 4) is 0 Å². The summed E-state index contributed by atoms with van der Waals surface area (Å²) in [6.07, 6.45) is 7.85. The monoisotopic (exact) mass is 343 g/mol. The number of thiocarbonyl (C=S) groups is 1. The second-order valence-electron chi connectivity index (χ2n) is 8.00. The molecule has 1 aromatic carbocycles. The molecule has 1 aromatic rings. The Morgan fingerprint density at radius 1 is 1.08 bits per heavy atom. The predicted octanol–water partition coefficient (Wildman–Crippen LogP) is 4.51. The number of ether oxygens (including phenoxy) is 1. The largest absolute Gasteiger partial charge is 0.379 e. The van der Waals surface area contributed by atoms with Crippen LogP contribution in [0.4, 0.5) is 0 Å². The van der Waals surface area contributed by atoms with Crippen molar-refractivity contribution in [3.63, 3.8) is 0 Å². The van der Waals surface area contributed by atoms with E-state index in [1.165, 1.54) is 11.1 Å². The van der Waals surface area contributed by atoms with E-state index in [2.05, 4.69) is 62.1 Å². The molecule has 1 aliphatic carbocycles. The van der Waals surface area contributed by atoms with E-state index in [0.717, 1.165) is 50.4 Å². The number of hydrogen-bond acceptors (Lipinski definition) is 3. The van der Waals surface area contributed by atoms with Gasteiger partial charge in [0.1, 0.15) is 0 Å². The fourth-order valence-electron chi connectivity index (χ4n) is 3.84. The molecule has 0 aromatic heterocycles. The van der Waals surface area contributed by atoms with Crippen LogP contribution in [0.15, 0.2) is 36.4 Å². The Morgan fingerprint density at radius 3 is 2.29 bits per heavy atom. The van der Waals surface area contributed by atoms with Gasteiger partial charge in [-0.3, -0.25) is 4.90 Å². The van der Waals surface area contributed by atoms with Crippen LogP contribution in [0.1, 0.15) is 51.2 Å². The van der Waals surface area contributed by atoms with Crippen molar-refractivity contribution in [1.29, 1.82) is 0 Å². The third-order valence-corrected chi connectivity index (χ3v) is 6.01. The normalized spacial score (nSPS) is 25.6. The Morgan fingerprint density at radius 2 is 1.75 bits per heavy atom. The molecule has 1 atom stereocenters. The summed E-state index contributed by atoms with van der Waals surface area (Å²) < 4.78 is 5.57. The van der Waals surface area contributed by atoms with Gasteiger partial charge in [0.2, 0.25) is 0 Å². The van der Waals surface area contributed by atoms with Crippen LogP contribution in [0, 0.1) is 0 Å². The first-order chi connectivity index (χ1) is 11.4. The first kappa shape index (κ1) is 17.8. The molecule has 1 saturated heterocycles. The topological polar surface area (TPSA) is 12.5 Å². The molecule has 0 amide bonds. The van der Waals surface area contributed by atoms with E-state index in [-0.39, 0.29) is 11.0 Å². The van der Waals surface area contributed by atoms with Crippen LogP contribution in [0.25, 0.3) is 0 Å². The van der Waals surface area contributed by atoms with Crippen molar-refractivity contribution in [2.75, 3.05) is 26.3 Å². The van der Waals surface area contributed by atoms with Gasteiger partial charge in [-0.05, 0) is 35.8 Å². The molecule has 0 bridgehead atoms. The lowest BCUT2D eigenvalue weighted by Gasteiger charge is -2.47. The van der Waals surface area contributed by atoms with Crippen LogP contribution >= 0.6 is 12.2 Å². The van der Waals surface area contributed by atoms with Gasteiger partial charge in [-0.1, -0.05) is 69.4 Å². The lowest BCUT2D eigenvalue weighted by molar-refractivity contribution is -0.00129. The number of rotatable bonds is 3. The molecule has 1 aliphatic heterocycles. The van der Waals surface area contributed by atoms with Crippen LogP contribution in [0.5, 0.6) is 0 Å². The molecule has 1 heterocycles. The molecule has 1 fully saturated rings. The van der Waals surface area contributed by atoms with Crippen molar-refractivity contribution in [2.24, 2.45) is 0 Å². The Labute approximate surface area is 151 Å². The molecule has 2 nitrogen and oxygen atoms in total. The summed E-state index contributed by atoms with van der Waals surface area (Å²) in [4.78, 5) is 3.68. The van der Waals surface area contributed by atoms with Crippen LogP contribution in [0.3, 0.4) is 0 Å². The average molecular weight is 344 g/mol. The Hall–Kier alpha value is -1.03. The van der Waals surface area contributed by atoms with Gasteiger partial charge in [0.15, 0.2) is 0 Å². The third kappa shape index (κ3) is 3.49. The lowest BCUT2D eigenvalue weighted by atomic mass is 9.77. The summed E-state index contributed by atoms with van der Waals surface area (Å²) in [7, 11) is 0. The summed E-state index contributed by atoms with van der Waals surface area (Å²) in [5.74, 6) is 0. The maximum atomic E-state index is 6.05. The maximum Gasteiger partial charge on any atom is 0.0607 e. The zero-order valence-corrected chi connectivity index (χ0v) is 16.0. The highest BCUT2D eigenvalue weighted by atomic mass is 32.1. The summed E-state index contributed by atoms with van der Waals surface area (Å²) in [6, 6.07) is 8.94. The second kappa shape index (κ2) is 7.07. The van der Waals surface area contributed by atoms with Crippen LogP contribution in [-0.4, -0.2) is 41.6 Å². The molecular formula is C21H29NOS. The average Bonchev–Trinajstić information content (AvgIpc) is 2.62. The van der Waals surface area contributed by atoms with E-state index >= 15 is 0 Å². The van der Waals surface area contributed by atoms with Crippen molar-refractivity contribution in [3.05, 3.63) is 47.5 Å². The first-order valence-corrected chi connectivity index (χ1v) is 9.47. The molecule has 3 heteroatoms. The molecule has 3 rings (SSSR count). The Balaban J connectivity index is 1.90. The summed E-state index contributed by atoms with van der Waals surface area (Å²) >= 11 is 6.05. The summed E-state index contributed by atoms with van der Waals surface area (Å²) in [6.45, 7) is 10.3. The number of allylic oxidation sites excluding steroid dienone is 1. The highest BCUT2D eigenvalue weighted by Gasteiger charge is 2.41. The van der Waals surface area contributed by atoms with Gasteiger partial charge in [0.25, 0.3) is 0 Å². The quantitative estimate of drug-likeness (QED) is 0.455. The summed E-state index contributed by atoms with van der Waals surface area (Å²) in [5, 5.41) is 0. The highest BCUT2D eigenvalue weighted by Crippen LogP contribution is 2.35. The van der Waals surface area contributed by atoms with Gasteiger partial charge >= 0.3 is 0 Å². The Bertz CT molecular complexity index is 608. The van der Waals surface area contributed by atoms with Crippen molar-refractivity contribution < 1.29 is 4.74 Å². The highest BCUT2D eigenvalue weighted by molar-refractivity contribution is 7.81. The number of benzene rings is 1. The van der Waals surface area contributed by atoms with E-state index in [1.807, 2.05) is 0 Å². The molecule has 2 aliphatic rings. The van der Waals surface area contributed by atoms with E-state index in [9.17, 15) is 0 Å². The fraction of sp³-hybridized carbons (Fsp3) is 0.571. The number of morpholine rings is 1. The van der Waals surface area contributed by atoms with E-state index in [1.54, 1.807) is 0 Å². The van der Waals surface area contributed by atoms with E-state index in [0.29, 0.717) is 0 Å². The zero-order valence-electron chi connectivity index (χ0n) is 15.2. The first-order valence-electron chi connectivity index (χ1n) is 9.07. The second-order valence-corrected chi connectivity index (χ2v) is 8.41. The van der Waals surface area contributed by atoms with E-state index < -0.39 is 0 Å². The molecule has 24 heavy (non-hydrogen) atoms. The standard InChI is InChI=1S/C21H29NOS/c1-20(2,3)18-9-7-17(8-10-18)19(24)21(11-5-4-6-12-21)22-13-15-23-16-14-22/h4-5,7-10H,6,11-16H2,1-3H3. The molecule has 130 valence electrons. The molecule has 1 unspecified atom stereocenters. The van der Waals surface area contributed by atoms with Gasteiger partial charge in [0, 0.05) is 18.0 Å². The van der Waals surface area contributed by atoms with Gasteiger partial charge in [-0.15, -0.1) is 0 Å². The minimum Gasteiger partial charge on any atom is -0.379 e.